The summed E-state index contributed by atoms with van der Waals surface area (Å²) in [7, 11) is 0. The number of rotatable bonds is 1. The molecule has 2 rings (SSSR count). The van der Waals surface area contributed by atoms with E-state index in [-0.39, 0.29) is 5.82 Å². The predicted molar refractivity (Wildman–Crippen MR) is 62.7 cm³/mol. The highest BCUT2D eigenvalue weighted by Gasteiger charge is 2.31. The van der Waals surface area contributed by atoms with Crippen molar-refractivity contribution in [2.75, 3.05) is 0 Å². The molecule has 1 N–H and O–H groups in total. The second-order valence-electron chi connectivity index (χ2n) is 4.91. The van der Waals surface area contributed by atoms with Crippen LogP contribution in [0.25, 0.3) is 0 Å². The third kappa shape index (κ3) is 2.27. The third-order valence-electron chi connectivity index (χ3n) is 3.62. The molecule has 0 saturated heterocycles. The summed E-state index contributed by atoms with van der Waals surface area (Å²) in [5.41, 5.74) is 1.05. The van der Waals surface area contributed by atoms with Crippen LogP contribution in [0.3, 0.4) is 0 Å². The quantitative estimate of drug-likeness (QED) is 0.719. The van der Waals surface area contributed by atoms with Crippen molar-refractivity contribution in [1.29, 1.82) is 0 Å². The van der Waals surface area contributed by atoms with Crippen molar-refractivity contribution in [3.05, 3.63) is 35.1 Å². The number of hydrogen-bond acceptors (Lipinski definition) is 1. The monoisotopic (exact) mass is 222 g/mol. The maximum Gasteiger partial charge on any atom is 0.123 e. The Morgan fingerprint density at radius 2 is 1.75 bits per heavy atom. The van der Waals surface area contributed by atoms with E-state index < -0.39 is 5.60 Å². The van der Waals surface area contributed by atoms with Gasteiger partial charge in [-0.3, -0.25) is 0 Å². The first-order chi connectivity index (χ1) is 7.62. The molecule has 88 valence electrons. The van der Waals surface area contributed by atoms with Gasteiger partial charge in [0.25, 0.3) is 0 Å². The van der Waals surface area contributed by atoms with Crippen LogP contribution in [0.4, 0.5) is 4.39 Å². The molecule has 0 bridgehead atoms. The molecular formula is C14H19FO. The maximum absolute atomic E-state index is 13.0. The van der Waals surface area contributed by atoms with Gasteiger partial charge in [-0.1, -0.05) is 31.7 Å². The molecule has 1 aromatic rings. The number of halogens is 1. The Bertz CT molecular complexity index is 365. The van der Waals surface area contributed by atoms with Crippen LogP contribution < -0.4 is 0 Å². The van der Waals surface area contributed by atoms with E-state index in [0.29, 0.717) is 0 Å². The van der Waals surface area contributed by atoms with Crippen LogP contribution >= 0.6 is 0 Å². The zero-order valence-corrected chi connectivity index (χ0v) is 9.80. The SMILES string of the molecule is Cc1cc(F)ccc1C1(O)CCCCCC1. The fourth-order valence-corrected chi connectivity index (χ4v) is 2.73. The molecule has 0 unspecified atom stereocenters. The number of benzene rings is 1. The first-order valence-electron chi connectivity index (χ1n) is 6.11. The van der Waals surface area contributed by atoms with Crippen LogP contribution in [0.2, 0.25) is 0 Å². The average Bonchev–Trinajstić information content (AvgIpc) is 2.43. The highest BCUT2D eigenvalue weighted by atomic mass is 19.1. The fraction of sp³-hybridized carbons (Fsp3) is 0.571. The molecule has 1 nitrogen and oxygen atoms in total. The lowest BCUT2D eigenvalue weighted by molar-refractivity contribution is 0.0201. The Balaban J connectivity index is 2.33. The van der Waals surface area contributed by atoms with Crippen molar-refractivity contribution in [2.24, 2.45) is 0 Å². The van der Waals surface area contributed by atoms with E-state index in [1.54, 1.807) is 6.07 Å². The van der Waals surface area contributed by atoms with Gasteiger partial charge in [-0.05, 0) is 43.0 Å². The number of hydrogen-bond donors (Lipinski definition) is 1. The van der Waals surface area contributed by atoms with Crippen LogP contribution in [0.5, 0.6) is 0 Å². The van der Waals surface area contributed by atoms with Crippen LogP contribution in [0.1, 0.15) is 49.7 Å². The molecule has 0 amide bonds. The summed E-state index contributed by atoms with van der Waals surface area (Å²) >= 11 is 0. The summed E-state index contributed by atoms with van der Waals surface area (Å²) in [4.78, 5) is 0. The molecular weight excluding hydrogens is 203 g/mol. The summed E-state index contributed by atoms with van der Waals surface area (Å²) in [6.45, 7) is 1.88. The van der Waals surface area contributed by atoms with Gasteiger partial charge in [0.15, 0.2) is 0 Å². The molecule has 16 heavy (non-hydrogen) atoms. The van der Waals surface area contributed by atoms with Crippen LogP contribution in [-0.2, 0) is 5.60 Å². The minimum Gasteiger partial charge on any atom is -0.385 e. The van der Waals surface area contributed by atoms with E-state index in [4.69, 9.17) is 0 Å². The standard InChI is InChI=1S/C14H19FO/c1-11-10-12(15)6-7-13(11)14(16)8-4-2-3-5-9-14/h6-7,10,16H,2-5,8-9H2,1H3. The van der Waals surface area contributed by atoms with E-state index in [0.717, 1.165) is 36.8 Å². The summed E-state index contributed by atoms with van der Waals surface area (Å²) in [5, 5.41) is 10.7. The highest BCUT2D eigenvalue weighted by molar-refractivity contribution is 5.32. The lowest BCUT2D eigenvalue weighted by atomic mass is 9.84. The minimum atomic E-state index is -0.728. The fourth-order valence-electron chi connectivity index (χ4n) is 2.73. The normalized spacial score (nSPS) is 20.4. The van der Waals surface area contributed by atoms with Crippen LogP contribution in [0, 0.1) is 12.7 Å². The number of aryl methyl sites for hydroxylation is 1. The van der Waals surface area contributed by atoms with E-state index >= 15 is 0 Å². The van der Waals surface area contributed by atoms with Gasteiger partial charge in [0, 0.05) is 0 Å². The molecule has 1 aliphatic rings. The molecule has 1 fully saturated rings. The van der Waals surface area contributed by atoms with Gasteiger partial charge in [0.1, 0.15) is 5.82 Å². The summed E-state index contributed by atoms with van der Waals surface area (Å²) in [6.07, 6.45) is 6.13. The average molecular weight is 222 g/mol. The van der Waals surface area contributed by atoms with Gasteiger partial charge in [-0.25, -0.2) is 4.39 Å². The molecule has 1 aliphatic carbocycles. The summed E-state index contributed by atoms with van der Waals surface area (Å²) in [6, 6.07) is 4.71. The maximum atomic E-state index is 13.0. The largest absolute Gasteiger partial charge is 0.385 e. The van der Waals surface area contributed by atoms with Gasteiger partial charge < -0.3 is 5.11 Å². The number of aliphatic hydroxyl groups is 1. The molecule has 2 heteroatoms. The van der Waals surface area contributed by atoms with Gasteiger partial charge in [-0.15, -0.1) is 0 Å². The van der Waals surface area contributed by atoms with Gasteiger partial charge in [-0.2, -0.15) is 0 Å². The lowest BCUT2D eigenvalue weighted by Crippen LogP contribution is -2.25. The minimum absolute atomic E-state index is 0.224. The van der Waals surface area contributed by atoms with Crippen molar-refractivity contribution >= 4 is 0 Å². The Labute approximate surface area is 96.3 Å². The van der Waals surface area contributed by atoms with Crippen LogP contribution in [-0.4, -0.2) is 5.11 Å². The molecule has 0 spiro atoms. The zero-order valence-electron chi connectivity index (χ0n) is 9.80. The molecule has 0 heterocycles. The molecule has 0 aromatic heterocycles. The smallest absolute Gasteiger partial charge is 0.123 e. The molecule has 1 saturated carbocycles. The second kappa shape index (κ2) is 4.54. The van der Waals surface area contributed by atoms with Crippen molar-refractivity contribution in [3.8, 4) is 0 Å². The van der Waals surface area contributed by atoms with Crippen molar-refractivity contribution in [2.45, 2.75) is 51.0 Å². The molecule has 1 aromatic carbocycles. The third-order valence-corrected chi connectivity index (χ3v) is 3.62. The summed E-state index contributed by atoms with van der Waals surface area (Å²) in [5.74, 6) is -0.224. The van der Waals surface area contributed by atoms with Crippen LogP contribution in [0.15, 0.2) is 18.2 Å². The Morgan fingerprint density at radius 1 is 1.12 bits per heavy atom. The lowest BCUT2D eigenvalue weighted by Gasteiger charge is -2.28. The Hall–Kier alpha value is -0.890. The topological polar surface area (TPSA) is 20.2 Å². The zero-order chi connectivity index (χ0) is 11.6. The molecule has 0 atom stereocenters. The van der Waals surface area contributed by atoms with Crippen molar-refractivity contribution in [3.63, 3.8) is 0 Å². The Kier molecular flexibility index (Phi) is 3.29. The second-order valence-corrected chi connectivity index (χ2v) is 4.91. The van der Waals surface area contributed by atoms with Gasteiger partial charge in [0.05, 0.1) is 5.60 Å². The summed E-state index contributed by atoms with van der Waals surface area (Å²) < 4.78 is 13.0. The first-order valence-corrected chi connectivity index (χ1v) is 6.11. The molecule has 0 aliphatic heterocycles. The van der Waals surface area contributed by atoms with E-state index in [9.17, 15) is 9.50 Å². The molecule has 0 radical (unpaired) electrons. The first kappa shape index (κ1) is 11.6. The Morgan fingerprint density at radius 3 is 2.31 bits per heavy atom. The van der Waals surface area contributed by atoms with Gasteiger partial charge >= 0.3 is 0 Å². The van der Waals surface area contributed by atoms with E-state index in [1.807, 2.05) is 6.92 Å². The van der Waals surface area contributed by atoms with Crippen molar-refractivity contribution in [1.82, 2.24) is 0 Å². The van der Waals surface area contributed by atoms with E-state index in [2.05, 4.69) is 0 Å². The van der Waals surface area contributed by atoms with E-state index in [1.165, 1.54) is 25.0 Å². The predicted octanol–water partition coefficient (Wildman–Crippen LogP) is 3.68. The highest BCUT2D eigenvalue weighted by Crippen LogP contribution is 2.37. The van der Waals surface area contributed by atoms with Crippen molar-refractivity contribution < 1.29 is 9.50 Å². The van der Waals surface area contributed by atoms with Gasteiger partial charge in [0.2, 0.25) is 0 Å².